The Morgan fingerprint density at radius 3 is 2.60 bits per heavy atom. The van der Waals surface area contributed by atoms with E-state index in [1.807, 2.05) is 7.05 Å². The van der Waals surface area contributed by atoms with Gasteiger partial charge in [-0.2, -0.15) is 0 Å². The third kappa shape index (κ3) is 2.96. The third-order valence-electron chi connectivity index (χ3n) is 2.99. The molecule has 0 saturated heterocycles. The van der Waals surface area contributed by atoms with Gasteiger partial charge in [-0.05, 0) is 32.0 Å². The predicted octanol–water partition coefficient (Wildman–Crippen LogP) is 2.64. The zero-order chi connectivity index (χ0) is 11.3. The zero-order valence-corrected chi connectivity index (χ0v) is 10.2. The van der Waals surface area contributed by atoms with Crippen molar-refractivity contribution in [3.63, 3.8) is 0 Å². The summed E-state index contributed by atoms with van der Waals surface area (Å²) in [6, 6.07) is 9.17. The first-order valence-electron chi connectivity index (χ1n) is 5.66. The van der Waals surface area contributed by atoms with Crippen LogP contribution >= 0.6 is 0 Å². The lowest BCUT2D eigenvalue weighted by molar-refractivity contribution is 0.658. The quantitative estimate of drug-likeness (QED) is 0.796. The molecule has 0 aliphatic carbocycles. The van der Waals surface area contributed by atoms with Crippen molar-refractivity contribution in [2.45, 2.75) is 32.9 Å². The third-order valence-corrected chi connectivity index (χ3v) is 2.99. The van der Waals surface area contributed by atoms with Crippen molar-refractivity contribution in [2.24, 2.45) is 0 Å². The van der Waals surface area contributed by atoms with Gasteiger partial charge in [-0.1, -0.05) is 25.1 Å². The minimum absolute atomic E-state index is 0.586. The second kappa shape index (κ2) is 5.76. The summed E-state index contributed by atoms with van der Waals surface area (Å²) < 4.78 is 0. The molecule has 0 fully saturated rings. The van der Waals surface area contributed by atoms with Crippen LogP contribution in [0.5, 0.6) is 0 Å². The Morgan fingerprint density at radius 1 is 1.33 bits per heavy atom. The first-order chi connectivity index (χ1) is 7.20. The normalized spacial score (nSPS) is 12.5. The summed E-state index contributed by atoms with van der Waals surface area (Å²) in [7, 11) is 4.16. The number of nitrogens with one attached hydrogen (secondary N) is 1. The van der Waals surface area contributed by atoms with E-state index < -0.39 is 0 Å². The monoisotopic (exact) mass is 206 g/mol. The topological polar surface area (TPSA) is 15.3 Å². The number of rotatable bonds is 5. The highest BCUT2D eigenvalue weighted by Crippen LogP contribution is 2.21. The summed E-state index contributed by atoms with van der Waals surface area (Å²) in [6.45, 7) is 5.41. The molecular weight excluding hydrogens is 184 g/mol. The highest BCUT2D eigenvalue weighted by atomic mass is 15.1. The van der Waals surface area contributed by atoms with Gasteiger partial charge in [-0.15, -0.1) is 0 Å². The molecule has 0 amide bonds. The lowest BCUT2D eigenvalue weighted by Gasteiger charge is -2.28. The van der Waals surface area contributed by atoms with Crippen LogP contribution in [0.25, 0.3) is 0 Å². The molecule has 0 aliphatic rings. The predicted molar refractivity (Wildman–Crippen MR) is 67.4 cm³/mol. The Labute approximate surface area is 93.3 Å². The fourth-order valence-electron chi connectivity index (χ4n) is 1.71. The summed E-state index contributed by atoms with van der Waals surface area (Å²) in [4.78, 5) is 2.35. The summed E-state index contributed by atoms with van der Waals surface area (Å²) in [5.74, 6) is 0. The molecule has 2 heteroatoms. The van der Waals surface area contributed by atoms with E-state index in [1.165, 1.54) is 17.7 Å². The van der Waals surface area contributed by atoms with Crippen LogP contribution in [0.4, 0.5) is 5.69 Å². The molecule has 0 aromatic heterocycles. The SMILES string of the molecule is CCC(C)N(C)c1ccccc1CNC. The summed E-state index contributed by atoms with van der Waals surface area (Å²) >= 11 is 0. The van der Waals surface area contributed by atoms with Gasteiger partial charge in [-0.25, -0.2) is 0 Å². The van der Waals surface area contributed by atoms with E-state index in [-0.39, 0.29) is 0 Å². The maximum atomic E-state index is 3.21. The molecule has 0 saturated carbocycles. The maximum absolute atomic E-state index is 3.21. The fraction of sp³-hybridized carbons (Fsp3) is 0.538. The van der Waals surface area contributed by atoms with Gasteiger partial charge in [0.05, 0.1) is 0 Å². The number of nitrogens with zero attached hydrogens (tertiary/aromatic N) is 1. The Kier molecular flexibility index (Phi) is 4.63. The van der Waals surface area contributed by atoms with Crippen LogP contribution in [0.2, 0.25) is 0 Å². The van der Waals surface area contributed by atoms with Crippen molar-refractivity contribution in [3.8, 4) is 0 Å². The molecular formula is C13H22N2. The minimum atomic E-state index is 0.586. The van der Waals surface area contributed by atoms with Crippen molar-refractivity contribution in [3.05, 3.63) is 29.8 Å². The van der Waals surface area contributed by atoms with Crippen molar-refractivity contribution in [1.82, 2.24) is 5.32 Å². The molecule has 1 aromatic rings. The molecule has 1 N–H and O–H groups in total. The van der Waals surface area contributed by atoms with Gasteiger partial charge in [0.1, 0.15) is 0 Å². The van der Waals surface area contributed by atoms with Crippen molar-refractivity contribution in [1.29, 1.82) is 0 Å². The molecule has 0 heterocycles. The van der Waals surface area contributed by atoms with Crippen LogP contribution in [0.3, 0.4) is 0 Å². The van der Waals surface area contributed by atoms with Gasteiger partial charge in [0, 0.05) is 25.3 Å². The molecule has 1 aromatic carbocycles. The number of para-hydroxylation sites is 1. The summed E-state index contributed by atoms with van der Waals surface area (Å²) in [6.07, 6.45) is 1.17. The zero-order valence-electron chi connectivity index (χ0n) is 10.2. The Morgan fingerprint density at radius 2 is 2.00 bits per heavy atom. The van der Waals surface area contributed by atoms with Crippen LogP contribution in [0.1, 0.15) is 25.8 Å². The molecule has 0 bridgehead atoms. The van der Waals surface area contributed by atoms with Gasteiger partial charge >= 0.3 is 0 Å². The van der Waals surface area contributed by atoms with Crippen LogP contribution in [0.15, 0.2) is 24.3 Å². The highest BCUT2D eigenvalue weighted by Gasteiger charge is 2.10. The van der Waals surface area contributed by atoms with E-state index in [0.717, 1.165) is 6.54 Å². The van der Waals surface area contributed by atoms with Gasteiger partial charge in [0.2, 0.25) is 0 Å². The van der Waals surface area contributed by atoms with Crippen molar-refractivity contribution >= 4 is 5.69 Å². The molecule has 1 unspecified atom stereocenters. The standard InChI is InChI=1S/C13H22N2/c1-5-11(2)15(4)13-9-7-6-8-12(13)10-14-3/h6-9,11,14H,5,10H2,1-4H3. The van der Waals surface area contributed by atoms with Crippen molar-refractivity contribution in [2.75, 3.05) is 19.0 Å². The fourth-order valence-corrected chi connectivity index (χ4v) is 1.71. The first-order valence-corrected chi connectivity index (χ1v) is 5.66. The molecule has 2 nitrogen and oxygen atoms in total. The Balaban J connectivity index is 2.91. The molecule has 1 atom stereocenters. The average Bonchev–Trinajstić information content (AvgIpc) is 2.28. The Hall–Kier alpha value is -1.02. The van der Waals surface area contributed by atoms with E-state index >= 15 is 0 Å². The van der Waals surface area contributed by atoms with Crippen LogP contribution in [-0.2, 0) is 6.54 Å². The van der Waals surface area contributed by atoms with Gasteiger partial charge < -0.3 is 10.2 Å². The van der Waals surface area contributed by atoms with Gasteiger partial charge in [0.15, 0.2) is 0 Å². The van der Waals surface area contributed by atoms with Gasteiger partial charge in [0.25, 0.3) is 0 Å². The maximum Gasteiger partial charge on any atom is 0.0411 e. The smallest absolute Gasteiger partial charge is 0.0411 e. The molecule has 1 rings (SSSR count). The summed E-state index contributed by atoms with van der Waals surface area (Å²) in [5, 5.41) is 3.21. The molecule has 0 radical (unpaired) electrons. The van der Waals surface area contributed by atoms with E-state index in [9.17, 15) is 0 Å². The number of anilines is 1. The van der Waals surface area contributed by atoms with Crippen LogP contribution < -0.4 is 10.2 Å². The second-order valence-corrected chi connectivity index (χ2v) is 4.03. The lowest BCUT2D eigenvalue weighted by Crippen LogP contribution is -2.29. The van der Waals surface area contributed by atoms with E-state index in [0.29, 0.717) is 6.04 Å². The minimum Gasteiger partial charge on any atom is -0.372 e. The number of hydrogen-bond acceptors (Lipinski definition) is 2. The molecule has 0 aliphatic heterocycles. The highest BCUT2D eigenvalue weighted by molar-refractivity contribution is 5.53. The van der Waals surface area contributed by atoms with E-state index in [1.54, 1.807) is 0 Å². The Bertz CT molecular complexity index is 296. The van der Waals surface area contributed by atoms with E-state index in [2.05, 4.69) is 55.4 Å². The van der Waals surface area contributed by atoms with Crippen LogP contribution in [0, 0.1) is 0 Å². The van der Waals surface area contributed by atoms with Crippen LogP contribution in [-0.4, -0.2) is 20.1 Å². The number of hydrogen-bond donors (Lipinski definition) is 1. The van der Waals surface area contributed by atoms with Crippen molar-refractivity contribution < 1.29 is 0 Å². The van der Waals surface area contributed by atoms with E-state index in [4.69, 9.17) is 0 Å². The lowest BCUT2D eigenvalue weighted by atomic mass is 10.1. The average molecular weight is 206 g/mol. The summed E-state index contributed by atoms with van der Waals surface area (Å²) in [5.41, 5.74) is 2.70. The van der Waals surface area contributed by atoms with Gasteiger partial charge in [-0.3, -0.25) is 0 Å². The second-order valence-electron chi connectivity index (χ2n) is 4.03. The molecule has 84 valence electrons. The molecule has 0 spiro atoms. The first kappa shape index (κ1) is 12.1. The largest absolute Gasteiger partial charge is 0.372 e. The molecule has 15 heavy (non-hydrogen) atoms. The number of benzene rings is 1.